The quantitative estimate of drug-likeness (QED) is 0.589. The van der Waals surface area contributed by atoms with Crippen molar-refractivity contribution in [2.24, 2.45) is 0 Å². The Labute approximate surface area is 80.3 Å². The average Bonchev–Trinajstić information content (AvgIpc) is 2.48. The Kier molecular flexibility index (Phi) is 3.16. The van der Waals surface area contributed by atoms with Crippen LogP contribution in [0.5, 0.6) is 0 Å². The summed E-state index contributed by atoms with van der Waals surface area (Å²) in [7, 11) is 0. The molecule has 7 nitrogen and oxygen atoms in total. The van der Waals surface area contributed by atoms with Gasteiger partial charge in [-0.1, -0.05) is 0 Å². The van der Waals surface area contributed by atoms with Crippen molar-refractivity contribution in [3.8, 4) is 0 Å². The molecular weight excluding hydrogens is 186 g/mol. The number of nitrogens with one attached hydrogen (secondary N) is 3. The SMILES string of the molecule is CC(=O)NCC(=O)Nc1n[nH]c(C)n1. The molecule has 0 aromatic carbocycles. The Balaban J connectivity index is 2.37. The van der Waals surface area contributed by atoms with Crippen LogP contribution in [-0.4, -0.2) is 33.5 Å². The molecule has 0 bridgehead atoms. The summed E-state index contributed by atoms with van der Waals surface area (Å²) in [4.78, 5) is 25.4. The normalized spacial score (nSPS) is 9.57. The van der Waals surface area contributed by atoms with E-state index < -0.39 is 0 Å². The van der Waals surface area contributed by atoms with E-state index in [0.29, 0.717) is 5.82 Å². The van der Waals surface area contributed by atoms with Gasteiger partial charge < -0.3 is 5.32 Å². The van der Waals surface area contributed by atoms with Crippen LogP contribution in [0.15, 0.2) is 0 Å². The summed E-state index contributed by atoms with van der Waals surface area (Å²) >= 11 is 0. The lowest BCUT2D eigenvalue weighted by Crippen LogP contribution is -2.31. The third-order valence-electron chi connectivity index (χ3n) is 1.35. The minimum atomic E-state index is -0.362. The summed E-state index contributed by atoms with van der Waals surface area (Å²) in [5, 5.41) is 11.0. The largest absolute Gasteiger partial charge is 0.347 e. The Morgan fingerprint density at radius 3 is 2.71 bits per heavy atom. The number of H-pyrrole nitrogens is 1. The first-order valence-electron chi connectivity index (χ1n) is 4.01. The molecule has 0 unspecified atom stereocenters. The van der Waals surface area contributed by atoms with Crippen molar-refractivity contribution in [3.63, 3.8) is 0 Å². The summed E-state index contributed by atoms with van der Waals surface area (Å²) in [6.07, 6.45) is 0. The summed E-state index contributed by atoms with van der Waals surface area (Å²) in [5.41, 5.74) is 0. The number of aryl methyl sites for hydroxylation is 1. The number of carbonyl (C=O) groups excluding carboxylic acids is 2. The number of hydrogen-bond acceptors (Lipinski definition) is 4. The van der Waals surface area contributed by atoms with Gasteiger partial charge in [0.1, 0.15) is 5.82 Å². The van der Waals surface area contributed by atoms with E-state index in [1.807, 2.05) is 0 Å². The third-order valence-corrected chi connectivity index (χ3v) is 1.35. The number of rotatable bonds is 3. The minimum absolute atomic E-state index is 0.0804. The molecule has 0 aliphatic heterocycles. The van der Waals surface area contributed by atoms with Crippen LogP contribution in [0.2, 0.25) is 0 Å². The first-order chi connectivity index (χ1) is 6.58. The highest BCUT2D eigenvalue weighted by atomic mass is 16.2. The second kappa shape index (κ2) is 4.35. The van der Waals surface area contributed by atoms with Gasteiger partial charge in [-0.2, -0.15) is 4.98 Å². The molecule has 1 aromatic heterocycles. The molecule has 7 heteroatoms. The Morgan fingerprint density at radius 1 is 1.50 bits per heavy atom. The van der Waals surface area contributed by atoms with Gasteiger partial charge in [0.2, 0.25) is 17.8 Å². The molecule has 0 spiro atoms. The molecule has 2 amide bonds. The Morgan fingerprint density at radius 2 is 2.21 bits per heavy atom. The fraction of sp³-hybridized carbons (Fsp3) is 0.429. The van der Waals surface area contributed by atoms with Crippen molar-refractivity contribution in [1.82, 2.24) is 20.5 Å². The predicted molar refractivity (Wildman–Crippen MR) is 48.4 cm³/mol. The monoisotopic (exact) mass is 197 g/mol. The predicted octanol–water partition coefficient (Wildman–Crippen LogP) is -0.812. The van der Waals surface area contributed by atoms with Crippen molar-refractivity contribution < 1.29 is 9.59 Å². The number of carbonyl (C=O) groups is 2. The van der Waals surface area contributed by atoms with Gasteiger partial charge >= 0.3 is 0 Å². The Hall–Kier alpha value is -1.92. The Bertz CT molecular complexity index is 346. The van der Waals surface area contributed by atoms with E-state index in [2.05, 4.69) is 25.8 Å². The van der Waals surface area contributed by atoms with Crippen molar-refractivity contribution in [3.05, 3.63) is 5.82 Å². The molecule has 1 heterocycles. The standard InChI is InChI=1S/C7H11N5O2/c1-4-9-7(12-11-4)10-6(14)3-8-5(2)13/h3H2,1-2H3,(H,8,13)(H2,9,10,11,12,14). The number of amides is 2. The third kappa shape index (κ3) is 3.21. The van der Waals surface area contributed by atoms with Gasteiger partial charge in [-0.15, -0.1) is 5.10 Å². The maximum Gasteiger partial charge on any atom is 0.248 e. The van der Waals surface area contributed by atoms with Crippen molar-refractivity contribution in [1.29, 1.82) is 0 Å². The summed E-state index contributed by atoms with van der Waals surface area (Å²) in [6.45, 7) is 2.98. The smallest absolute Gasteiger partial charge is 0.248 e. The molecule has 0 radical (unpaired) electrons. The summed E-state index contributed by atoms with van der Waals surface area (Å²) in [5.74, 6) is 0.197. The number of aromatic nitrogens is 3. The lowest BCUT2D eigenvalue weighted by Gasteiger charge is -2.00. The van der Waals surface area contributed by atoms with Crippen molar-refractivity contribution in [2.45, 2.75) is 13.8 Å². The molecule has 0 aliphatic carbocycles. The molecule has 0 atom stereocenters. The number of aromatic amines is 1. The highest BCUT2D eigenvalue weighted by Gasteiger charge is 2.05. The topological polar surface area (TPSA) is 99.8 Å². The van der Waals surface area contributed by atoms with Gasteiger partial charge in [-0.3, -0.25) is 20.0 Å². The van der Waals surface area contributed by atoms with Crippen LogP contribution in [-0.2, 0) is 9.59 Å². The zero-order valence-electron chi connectivity index (χ0n) is 7.92. The van der Waals surface area contributed by atoms with Crippen LogP contribution in [0.4, 0.5) is 5.95 Å². The van der Waals surface area contributed by atoms with Crippen LogP contribution >= 0.6 is 0 Å². The van der Waals surface area contributed by atoms with Gasteiger partial charge in [0.15, 0.2) is 0 Å². The van der Waals surface area contributed by atoms with Gasteiger partial charge in [-0.25, -0.2) is 0 Å². The molecule has 14 heavy (non-hydrogen) atoms. The van der Waals surface area contributed by atoms with Gasteiger partial charge in [0.05, 0.1) is 6.54 Å². The molecule has 1 aromatic rings. The van der Waals surface area contributed by atoms with E-state index in [9.17, 15) is 9.59 Å². The lowest BCUT2D eigenvalue weighted by molar-refractivity contribution is -0.122. The van der Waals surface area contributed by atoms with Crippen molar-refractivity contribution >= 4 is 17.8 Å². The molecule has 1 rings (SSSR count). The first kappa shape index (κ1) is 10.2. The number of nitrogens with zero attached hydrogens (tertiary/aromatic N) is 2. The second-order valence-electron chi connectivity index (χ2n) is 2.70. The first-order valence-corrected chi connectivity index (χ1v) is 4.01. The summed E-state index contributed by atoms with van der Waals surface area (Å²) < 4.78 is 0. The van der Waals surface area contributed by atoms with Crippen LogP contribution in [0, 0.1) is 6.92 Å². The van der Waals surface area contributed by atoms with Crippen molar-refractivity contribution in [2.75, 3.05) is 11.9 Å². The van der Waals surface area contributed by atoms with Gasteiger partial charge in [0.25, 0.3) is 0 Å². The molecule has 76 valence electrons. The maximum atomic E-state index is 11.1. The maximum absolute atomic E-state index is 11.1. The van der Waals surface area contributed by atoms with E-state index >= 15 is 0 Å². The van der Waals surface area contributed by atoms with E-state index in [4.69, 9.17) is 0 Å². The molecule has 0 saturated heterocycles. The van der Waals surface area contributed by atoms with Gasteiger partial charge in [-0.05, 0) is 6.92 Å². The van der Waals surface area contributed by atoms with Crippen LogP contribution in [0.25, 0.3) is 0 Å². The zero-order valence-corrected chi connectivity index (χ0v) is 7.92. The average molecular weight is 197 g/mol. The van der Waals surface area contributed by atoms with Crippen LogP contribution in [0.1, 0.15) is 12.7 Å². The second-order valence-corrected chi connectivity index (χ2v) is 2.70. The number of hydrogen-bond donors (Lipinski definition) is 3. The molecule has 0 aliphatic rings. The fourth-order valence-corrected chi connectivity index (χ4v) is 0.772. The fourth-order valence-electron chi connectivity index (χ4n) is 0.772. The summed E-state index contributed by atoms with van der Waals surface area (Å²) in [6, 6.07) is 0. The zero-order chi connectivity index (χ0) is 10.6. The molecule has 0 fully saturated rings. The minimum Gasteiger partial charge on any atom is -0.347 e. The molecule has 3 N–H and O–H groups in total. The number of anilines is 1. The highest BCUT2D eigenvalue weighted by molar-refractivity contribution is 5.92. The van der Waals surface area contributed by atoms with E-state index in [1.54, 1.807) is 6.92 Å². The molecule has 0 saturated carbocycles. The van der Waals surface area contributed by atoms with Gasteiger partial charge in [0, 0.05) is 6.92 Å². The van der Waals surface area contributed by atoms with E-state index in [0.717, 1.165) is 0 Å². The van der Waals surface area contributed by atoms with Crippen LogP contribution < -0.4 is 10.6 Å². The van der Waals surface area contributed by atoms with E-state index in [1.165, 1.54) is 6.92 Å². The van der Waals surface area contributed by atoms with Crippen LogP contribution in [0.3, 0.4) is 0 Å². The molecular formula is C7H11N5O2. The lowest BCUT2D eigenvalue weighted by atomic mass is 10.5. The van der Waals surface area contributed by atoms with E-state index in [-0.39, 0.29) is 24.3 Å². The highest BCUT2D eigenvalue weighted by Crippen LogP contribution is 1.95.